The zero-order valence-corrected chi connectivity index (χ0v) is 16.8. The smallest absolute Gasteiger partial charge is 0.271 e. The zero-order valence-electron chi connectivity index (χ0n) is 15.2. The number of amides is 1. The minimum Gasteiger partial charge on any atom is -0.508 e. The van der Waals surface area contributed by atoms with E-state index in [2.05, 4.69) is 15.4 Å². The van der Waals surface area contributed by atoms with Crippen LogP contribution in [0.2, 0.25) is 0 Å². The van der Waals surface area contributed by atoms with Crippen LogP contribution in [0.25, 0.3) is 10.6 Å². The van der Waals surface area contributed by atoms with Crippen LogP contribution in [0.4, 0.5) is 5.13 Å². The molecule has 0 atom stereocenters. The molecule has 0 unspecified atom stereocenters. The number of aromatic nitrogens is 1. The van der Waals surface area contributed by atoms with E-state index in [1.807, 2.05) is 17.5 Å². The summed E-state index contributed by atoms with van der Waals surface area (Å²) in [5.41, 5.74) is 3.78. The quantitative estimate of drug-likeness (QED) is 0.483. The lowest BCUT2D eigenvalue weighted by Gasteiger charge is -2.25. The number of thiazole rings is 1. The summed E-state index contributed by atoms with van der Waals surface area (Å²) in [7, 11) is 0. The van der Waals surface area contributed by atoms with E-state index in [1.165, 1.54) is 31.4 Å². The molecule has 1 aliphatic rings. The van der Waals surface area contributed by atoms with E-state index in [-0.39, 0.29) is 11.7 Å². The van der Waals surface area contributed by atoms with E-state index in [1.54, 1.807) is 41.0 Å². The van der Waals surface area contributed by atoms with E-state index in [4.69, 9.17) is 4.98 Å². The number of anilines is 1. The summed E-state index contributed by atoms with van der Waals surface area (Å²) >= 11 is 3.23. The molecule has 1 saturated heterocycles. The van der Waals surface area contributed by atoms with Crippen molar-refractivity contribution in [2.75, 3.05) is 18.0 Å². The van der Waals surface area contributed by atoms with Gasteiger partial charge in [-0.05, 0) is 48.9 Å². The second kappa shape index (κ2) is 8.53. The van der Waals surface area contributed by atoms with Crippen molar-refractivity contribution in [3.8, 4) is 16.3 Å². The van der Waals surface area contributed by atoms with Gasteiger partial charge in [-0.3, -0.25) is 4.79 Å². The van der Waals surface area contributed by atoms with Crippen molar-refractivity contribution in [2.24, 2.45) is 5.10 Å². The maximum absolute atomic E-state index is 12.2. The summed E-state index contributed by atoms with van der Waals surface area (Å²) in [6.45, 7) is 2.06. The van der Waals surface area contributed by atoms with Crippen LogP contribution in [-0.2, 0) is 0 Å². The van der Waals surface area contributed by atoms with Crippen molar-refractivity contribution >= 4 is 39.9 Å². The largest absolute Gasteiger partial charge is 0.508 e. The third-order valence-corrected chi connectivity index (χ3v) is 6.41. The number of carbonyl (C=O) groups excluding carboxylic acids is 1. The third-order valence-electron chi connectivity index (χ3n) is 4.48. The Bertz CT molecular complexity index is 976. The maximum atomic E-state index is 12.2. The van der Waals surface area contributed by atoms with Gasteiger partial charge in [-0.15, -0.1) is 11.3 Å². The van der Waals surface area contributed by atoms with E-state index >= 15 is 0 Å². The molecule has 0 spiro atoms. The fraction of sp³-hybridized carbons (Fsp3) is 0.250. The molecule has 1 aliphatic heterocycles. The summed E-state index contributed by atoms with van der Waals surface area (Å²) in [5.74, 6) is -0.323. The number of nitrogens with zero attached hydrogens (tertiary/aromatic N) is 3. The predicted molar refractivity (Wildman–Crippen MR) is 115 cm³/mol. The van der Waals surface area contributed by atoms with Crippen LogP contribution >= 0.6 is 22.7 Å². The first-order valence-electron chi connectivity index (χ1n) is 9.13. The standard InChI is InChI=1S/C20H20N4O2S2/c25-15-7-4-6-14(12-15)19(26)23-21-13-17-18(16-8-5-11-27-16)22-20(28-17)24-9-2-1-3-10-24/h4-8,11-13,25H,1-3,9-10H2,(H,23,26)/b21-13-. The molecule has 0 saturated carbocycles. The Morgan fingerprint density at radius 3 is 2.82 bits per heavy atom. The molecule has 0 bridgehead atoms. The normalized spacial score (nSPS) is 14.5. The van der Waals surface area contributed by atoms with Gasteiger partial charge in [0.05, 0.1) is 16.0 Å². The minimum absolute atomic E-state index is 0.0465. The van der Waals surface area contributed by atoms with E-state index in [9.17, 15) is 9.90 Å². The number of thiophene rings is 1. The number of aromatic hydroxyl groups is 1. The molecular weight excluding hydrogens is 392 g/mol. The monoisotopic (exact) mass is 412 g/mol. The van der Waals surface area contributed by atoms with E-state index < -0.39 is 0 Å². The molecule has 8 heteroatoms. The van der Waals surface area contributed by atoms with Gasteiger partial charge in [0.25, 0.3) is 5.91 Å². The third kappa shape index (κ3) is 4.23. The van der Waals surface area contributed by atoms with E-state index in [0.29, 0.717) is 5.56 Å². The predicted octanol–water partition coefficient (Wildman–Crippen LogP) is 4.33. The van der Waals surface area contributed by atoms with Gasteiger partial charge in [0.2, 0.25) is 0 Å². The molecule has 2 aromatic heterocycles. The molecule has 3 heterocycles. The Morgan fingerprint density at radius 1 is 1.21 bits per heavy atom. The van der Waals surface area contributed by atoms with Crippen molar-refractivity contribution in [3.05, 3.63) is 52.2 Å². The Labute approximate surface area is 171 Å². The summed E-state index contributed by atoms with van der Waals surface area (Å²) in [6, 6.07) is 10.2. The number of piperidine rings is 1. The number of nitrogens with one attached hydrogen (secondary N) is 1. The van der Waals surface area contributed by atoms with Crippen LogP contribution in [0.3, 0.4) is 0 Å². The van der Waals surface area contributed by atoms with Crippen molar-refractivity contribution in [2.45, 2.75) is 19.3 Å². The summed E-state index contributed by atoms with van der Waals surface area (Å²) in [6.07, 6.45) is 5.31. The van der Waals surface area contributed by atoms with Gasteiger partial charge < -0.3 is 10.0 Å². The minimum atomic E-state index is -0.370. The molecule has 144 valence electrons. The fourth-order valence-electron chi connectivity index (χ4n) is 3.08. The molecule has 0 radical (unpaired) electrons. The lowest BCUT2D eigenvalue weighted by atomic mass is 10.1. The highest BCUT2D eigenvalue weighted by Gasteiger charge is 2.19. The Kier molecular flexibility index (Phi) is 5.68. The van der Waals surface area contributed by atoms with Gasteiger partial charge in [0.15, 0.2) is 5.13 Å². The molecule has 4 rings (SSSR count). The molecule has 28 heavy (non-hydrogen) atoms. The highest BCUT2D eigenvalue weighted by Crippen LogP contribution is 2.35. The highest BCUT2D eigenvalue weighted by molar-refractivity contribution is 7.18. The van der Waals surface area contributed by atoms with Crippen LogP contribution in [0, 0.1) is 0 Å². The average Bonchev–Trinajstić information content (AvgIpc) is 3.38. The second-order valence-corrected chi connectivity index (χ2v) is 8.44. The Balaban J connectivity index is 1.54. The summed E-state index contributed by atoms with van der Waals surface area (Å²) in [5, 5.41) is 16.7. The van der Waals surface area contributed by atoms with Gasteiger partial charge in [-0.25, -0.2) is 10.4 Å². The molecular formula is C20H20N4O2S2. The van der Waals surface area contributed by atoms with Crippen LogP contribution in [0.5, 0.6) is 5.75 Å². The van der Waals surface area contributed by atoms with Gasteiger partial charge in [0, 0.05) is 18.7 Å². The first-order valence-corrected chi connectivity index (χ1v) is 10.8. The molecule has 2 N–H and O–H groups in total. The Hall–Kier alpha value is -2.71. The molecule has 1 fully saturated rings. The van der Waals surface area contributed by atoms with E-state index in [0.717, 1.165) is 33.7 Å². The van der Waals surface area contributed by atoms with Gasteiger partial charge in [-0.1, -0.05) is 23.5 Å². The number of hydrogen-bond acceptors (Lipinski definition) is 7. The number of phenolic OH excluding ortho intramolecular Hbond substituents is 1. The SMILES string of the molecule is O=C(N/N=C\c1sc(N2CCCCC2)nc1-c1cccs1)c1cccc(O)c1. The number of phenols is 1. The maximum Gasteiger partial charge on any atom is 0.271 e. The van der Waals surface area contributed by atoms with Gasteiger partial charge in [0.1, 0.15) is 11.4 Å². The molecule has 3 aromatic rings. The van der Waals surface area contributed by atoms with Crippen molar-refractivity contribution < 1.29 is 9.90 Å². The van der Waals surface area contributed by atoms with Crippen molar-refractivity contribution in [3.63, 3.8) is 0 Å². The van der Waals surface area contributed by atoms with Gasteiger partial charge in [-0.2, -0.15) is 5.10 Å². The first-order chi connectivity index (χ1) is 13.7. The lowest BCUT2D eigenvalue weighted by Crippen LogP contribution is -2.29. The number of benzene rings is 1. The van der Waals surface area contributed by atoms with Crippen molar-refractivity contribution in [1.82, 2.24) is 10.4 Å². The Morgan fingerprint density at radius 2 is 2.07 bits per heavy atom. The summed E-state index contributed by atoms with van der Waals surface area (Å²) < 4.78 is 0. The molecule has 6 nitrogen and oxygen atoms in total. The van der Waals surface area contributed by atoms with Crippen LogP contribution in [0.1, 0.15) is 34.5 Å². The molecule has 0 aliphatic carbocycles. The number of hydrazone groups is 1. The summed E-state index contributed by atoms with van der Waals surface area (Å²) in [4.78, 5) is 21.4. The molecule has 1 aromatic carbocycles. The second-order valence-electron chi connectivity index (χ2n) is 6.48. The fourth-order valence-corrected chi connectivity index (χ4v) is 4.87. The highest BCUT2D eigenvalue weighted by atomic mass is 32.1. The van der Waals surface area contributed by atoms with Crippen LogP contribution in [0.15, 0.2) is 46.9 Å². The lowest BCUT2D eigenvalue weighted by molar-refractivity contribution is 0.0954. The van der Waals surface area contributed by atoms with Crippen LogP contribution in [-0.4, -0.2) is 35.3 Å². The number of hydrogen-bond donors (Lipinski definition) is 2. The first kappa shape index (κ1) is 18.6. The van der Waals surface area contributed by atoms with Gasteiger partial charge >= 0.3 is 0 Å². The number of carbonyl (C=O) groups is 1. The average molecular weight is 413 g/mol. The zero-order chi connectivity index (χ0) is 19.3. The molecule has 1 amide bonds. The van der Waals surface area contributed by atoms with Crippen LogP contribution < -0.4 is 10.3 Å². The number of rotatable bonds is 5. The van der Waals surface area contributed by atoms with Crippen molar-refractivity contribution in [1.29, 1.82) is 0 Å². The topological polar surface area (TPSA) is 77.8 Å².